The molecule has 1 aliphatic rings. The first-order valence-corrected chi connectivity index (χ1v) is 7.92. The van der Waals surface area contributed by atoms with Crippen LogP contribution >= 0.6 is 0 Å². The maximum atomic E-state index is 12.4. The van der Waals surface area contributed by atoms with E-state index in [1.165, 1.54) is 0 Å². The first-order valence-electron chi connectivity index (χ1n) is 7.92. The lowest BCUT2D eigenvalue weighted by molar-refractivity contribution is -0.122. The number of rotatable bonds is 5. The van der Waals surface area contributed by atoms with E-state index in [0.29, 0.717) is 30.3 Å². The zero-order valence-electron chi connectivity index (χ0n) is 13.4. The second-order valence-corrected chi connectivity index (χ2v) is 5.54. The maximum absolute atomic E-state index is 12.4. The van der Waals surface area contributed by atoms with E-state index in [-0.39, 0.29) is 18.2 Å². The topological polar surface area (TPSA) is 71.5 Å². The van der Waals surface area contributed by atoms with Crippen LogP contribution < -0.4 is 15.0 Å². The fourth-order valence-corrected chi connectivity index (χ4v) is 2.75. The number of anilines is 2. The molecule has 0 saturated carbocycles. The van der Waals surface area contributed by atoms with Crippen molar-refractivity contribution in [3.63, 3.8) is 0 Å². The summed E-state index contributed by atoms with van der Waals surface area (Å²) in [6, 6.07) is 10.9. The highest BCUT2D eigenvalue weighted by atomic mass is 16.5. The van der Waals surface area contributed by atoms with Crippen molar-refractivity contribution in [2.45, 2.75) is 13.3 Å². The molecule has 124 valence electrons. The highest BCUT2D eigenvalue weighted by molar-refractivity contribution is 6.04. The van der Waals surface area contributed by atoms with Gasteiger partial charge >= 0.3 is 0 Å². The van der Waals surface area contributed by atoms with Gasteiger partial charge in [0, 0.05) is 19.2 Å². The standard InChI is InChI=1S/C18H19N3O3/c1-2-24-16-8-4-3-7-15(16)21-12-13(10-17(21)22)18(23)20-14-6-5-9-19-11-14/h3-9,11,13H,2,10,12H2,1H3,(H,20,23). The molecule has 24 heavy (non-hydrogen) atoms. The van der Waals surface area contributed by atoms with Gasteiger partial charge in [0.15, 0.2) is 0 Å². The van der Waals surface area contributed by atoms with Crippen LogP contribution in [0, 0.1) is 5.92 Å². The lowest BCUT2D eigenvalue weighted by Crippen LogP contribution is -2.28. The third-order valence-electron chi connectivity index (χ3n) is 3.88. The molecule has 1 N–H and O–H groups in total. The van der Waals surface area contributed by atoms with Crippen LogP contribution in [0.1, 0.15) is 13.3 Å². The second-order valence-electron chi connectivity index (χ2n) is 5.54. The van der Waals surface area contributed by atoms with Crippen LogP contribution in [-0.4, -0.2) is 29.9 Å². The summed E-state index contributed by atoms with van der Waals surface area (Å²) in [5.74, 6) is 0.00953. The molecule has 1 unspecified atom stereocenters. The minimum absolute atomic E-state index is 0.0755. The van der Waals surface area contributed by atoms with E-state index >= 15 is 0 Å². The lowest BCUT2D eigenvalue weighted by atomic mass is 10.1. The summed E-state index contributed by atoms with van der Waals surface area (Å²) in [7, 11) is 0. The Balaban J connectivity index is 1.73. The van der Waals surface area contributed by atoms with Crippen LogP contribution in [0.4, 0.5) is 11.4 Å². The molecule has 2 heterocycles. The van der Waals surface area contributed by atoms with Crippen LogP contribution in [0.2, 0.25) is 0 Å². The fourth-order valence-electron chi connectivity index (χ4n) is 2.75. The number of hydrogen-bond donors (Lipinski definition) is 1. The van der Waals surface area contributed by atoms with Crippen molar-refractivity contribution >= 4 is 23.2 Å². The number of carbonyl (C=O) groups is 2. The molecule has 0 bridgehead atoms. The van der Waals surface area contributed by atoms with Crippen molar-refractivity contribution in [3.8, 4) is 5.75 Å². The summed E-state index contributed by atoms with van der Waals surface area (Å²) in [6.07, 6.45) is 3.41. The van der Waals surface area contributed by atoms with E-state index < -0.39 is 5.92 Å². The van der Waals surface area contributed by atoms with E-state index in [2.05, 4.69) is 10.3 Å². The number of para-hydroxylation sites is 2. The average Bonchev–Trinajstić information content (AvgIpc) is 2.98. The highest BCUT2D eigenvalue weighted by Gasteiger charge is 2.36. The Morgan fingerprint density at radius 2 is 2.17 bits per heavy atom. The monoisotopic (exact) mass is 325 g/mol. The fraction of sp³-hybridized carbons (Fsp3) is 0.278. The van der Waals surface area contributed by atoms with E-state index in [1.807, 2.05) is 31.2 Å². The molecule has 1 atom stereocenters. The SMILES string of the molecule is CCOc1ccccc1N1CC(C(=O)Nc2cccnc2)CC1=O. The third-order valence-corrected chi connectivity index (χ3v) is 3.88. The van der Waals surface area contributed by atoms with Crippen molar-refractivity contribution < 1.29 is 14.3 Å². The lowest BCUT2D eigenvalue weighted by Gasteiger charge is -2.20. The Morgan fingerprint density at radius 1 is 1.33 bits per heavy atom. The second kappa shape index (κ2) is 7.12. The molecule has 1 aromatic carbocycles. The minimum atomic E-state index is -0.396. The summed E-state index contributed by atoms with van der Waals surface area (Å²) in [5.41, 5.74) is 1.34. The number of nitrogens with one attached hydrogen (secondary N) is 1. The molecular weight excluding hydrogens is 306 g/mol. The van der Waals surface area contributed by atoms with E-state index in [1.54, 1.807) is 29.4 Å². The minimum Gasteiger partial charge on any atom is -0.492 e. The summed E-state index contributed by atoms with van der Waals surface area (Å²) in [4.78, 5) is 30.4. The normalized spacial score (nSPS) is 17.0. The van der Waals surface area contributed by atoms with Crippen molar-refractivity contribution in [2.75, 3.05) is 23.4 Å². The molecule has 1 aromatic heterocycles. The number of aromatic nitrogens is 1. The predicted molar refractivity (Wildman–Crippen MR) is 90.9 cm³/mol. The average molecular weight is 325 g/mol. The van der Waals surface area contributed by atoms with Crippen LogP contribution in [0.3, 0.4) is 0 Å². The summed E-state index contributed by atoms with van der Waals surface area (Å²) < 4.78 is 5.59. The van der Waals surface area contributed by atoms with Gasteiger partial charge in [0.05, 0.1) is 30.1 Å². The first-order chi connectivity index (χ1) is 11.7. The Labute approximate surface area is 140 Å². The van der Waals surface area contributed by atoms with Gasteiger partial charge in [0.25, 0.3) is 0 Å². The number of pyridine rings is 1. The number of nitrogens with zero attached hydrogens (tertiary/aromatic N) is 2. The van der Waals surface area contributed by atoms with Crippen LogP contribution in [0.5, 0.6) is 5.75 Å². The highest BCUT2D eigenvalue weighted by Crippen LogP contribution is 2.33. The number of hydrogen-bond acceptors (Lipinski definition) is 4. The zero-order chi connectivity index (χ0) is 16.9. The Kier molecular flexibility index (Phi) is 4.74. The summed E-state index contributed by atoms with van der Waals surface area (Å²) in [5, 5.41) is 2.80. The molecule has 2 amide bonds. The van der Waals surface area contributed by atoms with Gasteiger partial charge in [-0.05, 0) is 31.2 Å². The molecule has 1 fully saturated rings. The quantitative estimate of drug-likeness (QED) is 0.917. The van der Waals surface area contributed by atoms with Gasteiger partial charge in [0.2, 0.25) is 11.8 Å². The third kappa shape index (κ3) is 3.37. The maximum Gasteiger partial charge on any atom is 0.229 e. The molecule has 0 spiro atoms. The Hall–Kier alpha value is -2.89. The van der Waals surface area contributed by atoms with Crippen LogP contribution in [0.15, 0.2) is 48.8 Å². The summed E-state index contributed by atoms with van der Waals surface area (Å²) in [6.45, 7) is 2.76. The molecule has 2 aromatic rings. The Bertz CT molecular complexity index is 733. The molecule has 6 nitrogen and oxygen atoms in total. The van der Waals surface area contributed by atoms with Gasteiger partial charge < -0.3 is 15.0 Å². The molecule has 1 aliphatic heterocycles. The molecule has 0 aliphatic carbocycles. The molecule has 3 rings (SSSR count). The van der Waals surface area contributed by atoms with Gasteiger partial charge in [-0.15, -0.1) is 0 Å². The number of amides is 2. The zero-order valence-corrected chi connectivity index (χ0v) is 13.4. The number of carbonyl (C=O) groups excluding carboxylic acids is 2. The van der Waals surface area contributed by atoms with Crippen molar-refractivity contribution in [2.24, 2.45) is 5.92 Å². The van der Waals surface area contributed by atoms with E-state index in [4.69, 9.17) is 4.74 Å². The Morgan fingerprint density at radius 3 is 2.92 bits per heavy atom. The van der Waals surface area contributed by atoms with Gasteiger partial charge in [0.1, 0.15) is 5.75 Å². The van der Waals surface area contributed by atoms with E-state index in [9.17, 15) is 9.59 Å². The molecular formula is C18H19N3O3. The molecule has 0 radical (unpaired) electrons. The summed E-state index contributed by atoms with van der Waals surface area (Å²) >= 11 is 0. The van der Waals surface area contributed by atoms with Crippen molar-refractivity contribution in [1.29, 1.82) is 0 Å². The predicted octanol–water partition coefficient (Wildman–Crippen LogP) is 2.47. The van der Waals surface area contributed by atoms with Crippen molar-refractivity contribution in [3.05, 3.63) is 48.8 Å². The number of benzene rings is 1. The number of ether oxygens (including phenoxy) is 1. The largest absolute Gasteiger partial charge is 0.492 e. The van der Waals surface area contributed by atoms with Gasteiger partial charge in [-0.1, -0.05) is 12.1 Å². The van der Waals surface area contributed by atoms with E-state index in [0.717, 1.165) is 0 Å². The van der Waals surface area contributed by atoms with Gasteiger partial charge in [-0.2, -0.15) is 0 Å². The smallest absolute Gasteiger partial charge is 0.229 e. The van der Waals surface area contributed by atoms with Gasteiger partial charge in [-0.3, -0.25) is 14.6 Å². The van der Waals surface area contributed by atoms with Gasteiger partial charge in [-0.25, -0.2) is 0 Å². The van der Waals surface area contributed by atoms with Crippen LogP contribution in [-0.2, 0) is 9.59 Å². The van der Waals surface area contributed by atoms with Crippen LogP contribution in [0.25, 0.3) is 0 Å². The van der Waals surface area contributed by atoms with Crippen molar-refractivity contribution in [1.82, 2.24) is 4.98 Å². The molecule has 6 heteroatoms. The molecule has 1 saturated heterocycles. The first kappa shape index (κ1) is 16.0.